The first-order valence-electron chi connectivity index (χ1n) is 17.8. The predicted octanol–water partition coefficient (Wildman–Crippen LogP) is 5.11. The Morgan fingerprint density at radius 2 is 1.71 bits per heavy atom. The maximum Gasteiger partial charge on any atom is 0.415 e. The van der Waals surface area contributed by atoms with Crippen LogP contribution in [0.2, 0.25) is 0 Å². The maximum absolute atomic E-state index is 13.2. The molecule has 15 heteroatoms. The Hall–Kier alpha value is -4.01. The lowest BCUT2D eigenvalue weighted by atomic mass is 9.40. The standard InChI is InChI=1S/C36H47N3O11S/c1-5-46-32(42)35(4)17-9-16-34(3)25(35)15-19-36-22-27(33(2,23-36)18-14-26(34)36)37-49-29(41)13-12-28(40)47-20-21-48-30-31(39(43)50-38-30)51(44,45)24-10-7-6-8-11-24/h6-8,10-11,25-26H,5,9,12-23H2,1-4H3/b37-27+/t25-,26-,33-,34+,35+,36-/m0/s1. The first-order valence-corrected chi connectivity index (χ1v) is 19.3. The van der Waals surface area contributed by atoms with Crippen molar-refractivity contribution in [1.82, 2.24) is 5.16 Å². The molecule has 0 unspecified atom stereocenters. The molecule has 0 N–H and O–H groups in total. The summed E-state index contributed by atoms with van der Waals surface area (Å²) in [6.45, 7) is 8.35. The topological polar surface area (TPSA) is 188 Å². The number of hydrogen-bond acceptors (Lipinski definition) is 13. The normalized spacial score (nSPS) is 32.0. The number of oxime groups is 1. The van der Waals surface area contributed by atoms with E-state index in [9.17, 15) is 28.0 Å². The zero-order chi connectivity index (χ0) is 36.7. The molecule has 14 nitrogen and oxygen atoms in total. The average molecular weight is 730 g/mol. The summed E-state index contributed by atoms with van der Waals surface area (Å²) in [5.41, 5.74) is 0.316. The highest BCUT2D eigenvalue weighted by Crippen LogP contribution is 2.73. The van der Waals surface area contributed by atoms with Crippen LogP contribution in [0.4, 0.5) is 0 Å². The van der Waals surface area contributed by atoms with E-state index in [1.165, 1.54) is 24.3 Å². The van der Waals surface area contributed by atoms with Crippen LogP contribution in [0.1, 0.15) is 98.3 Å². The first-order chi connectivity index (χ1) is 24.2. The molecule has 4 aliphatic rings. The van der Waals surface area contributed by atoms with Crippen LogP contribution >= 0.6 is 0 Å². The SMILES string of the molecule is CCOC(=O)[C@]1(C)CCC[C@@]2(C)[C@@H]3CC[C@@]4(C)C[C@]3(CC[C@@H]21)C/C4=N\OC(=O)CCC(=O)OCCOc1no[n+]([O-])c1S(=O)(=O)c1ccccc1. The molecular formula is C36H47N3O11S. The average Bonchev–Trinajstić information content (AvgIpc) is 3.57. The molecule has 4 aliphatic carbocycles. The number of aromatic nitrogens is 2. The van der Waals surface area contributed by atoms with Gasteiger partial charge in [0.15, 0.2) is 0 Å². The van der Waals surface area contributed by atoms with Crippen LogP contribution in [0.25, 0.3) is 0 Å². The van der Waals surface area contributed by atoms with Gasteiger partial charge in [-0.1, -0.05) is 43.6 Å². The van der Waals surface area contributed by atoms with Crippen molar-refractivity contribution in [3.05, 3.63) is 35.5 Å². The summed E-state index contributed by atoms with van der Waals surface area (Å²) in [4.78, 5) is 43.2. The van der Waals surface area contributed by atoms with E-state index in [1.54, 1.807) is 6.07 Å². The van der Waals surface area contributed by atoms with Crippen molar-refractivity contribution in [1.29, 1.82) is 0 Å². The second kappa shape index (κ2) is 13.8. The van der Waals surface area contributed by atoms with Gasteiger partial charge in [0.2, 0.25) is 0 Å². The Bertz CT molecular complexity index is 1800. The molecule has 4 saturated carbocycles. The lowest BCUT2D eigenvalue weighted by Crippen LogP contribution is -2.58. The minimum Gasteiger partial charge on any atom is -0.466 e. The quantitative estimate of drug-likeness (QED) is 0.0925. The van der Waals surface area contributed by atoms with Crippen LogP contribution in [0.3, 0.4) is 0 Å². The molecule has 4 fully saturated rings. The summed E-state index contributed by atoms with van der Waals surface area (Å²) < 4.78 is 46.1. The molecular weight excluding hydrogens is 682 g/mol. The van der Waals surface area contributed by atoms with Crippen LogP contribution in [0.15, 0.2) is 50.0 Å². The minimum atomic E-state index is -4.29. The van der Waals surface area contributed by atoms with Gasteiger partial charge in [0.1, 0.15) is 13.2 Å². The number of fused-ring (bicyclic) bond motifs is 3. The number of carbonyl (C=O) groups excluding carboxylic acids is 3. The number of sulfone groups is 1. The van der Waals surface area contributed by atoms with Crippen molar-refractivity contribution in [3.8, 4) is 5.88 Å². The molecule has 6 atom stereocenters. The summed E-state index contributed by atoms with van der Waals surface area (Å²) in [5, 5.41) is 19.0. The van der Waals surface area contributed by atoms with Crippen LogP contribution < -0.4 is 9.64 Å². The second-order valence-electron chi connectivity index (χ2n) is 15.4. The van der Waals surface area contributed by atoms with Crippen molar-refractivity contribution in [3.63, 3.8) is 0 Å². The fourth-order valence-corrected chi connectivity index (χ4v) is 11.5. The van der Waals surface area contributed by atoms with Gasteiger partial charge >= 0.3 is 28.8 Å². The van der Waals surface area contributed by atoms with Gasteiger partial charge < -0.3 is 24.3 Å². The Labute approximate surface area is 297 Å². The van der Waals surface area contributed by atoms with E-state index in [2.05, 4.69) is 35.7 Å². The Balaban J connectivity index is 0.994. The van der Waals surface area contributed by atoms with Gasteiger partial charge in [-0.25, -0.2) is 13.2 Å². The van der Waals surface area contributed by atoms with Gasteiger partial charge in [-0.15, -0.1) is 0 Å². The molecule has 51 heavy (non-hydrogen) atoms. The summed E-state index contributed by atoms with van der Waals surface area (Å²) in [6, 6.07) is 7.25. The summed E-state index contributed by atoms with van der Waals surface area (Å²) in [6.07, 6.45) is 8.14. The van der Waals surface area contributed by atoms with Gasteiger partial charge in [-0.05, 0) is 105 Å². The van der Waals surface area contributed by atoms with E-state index in [0.29, 0.717) is 12.5 Å². The molecule has 0 saturated heterocycles. The van der Waals surface area contributed by atoms with E-state index < -0.39 is 38.1 Å². The zero-order valence-electron chi connectivity index (χ0n) is 29.7. The molecule has 1 heterocycles. The third-order valence-electron chi connectivity index (χ3n) is 12.4. The van der Waals surface area contributed by atoms with Gasteiger partial charge in [0, 0.05) is 5.41 Å². The lowest BCUT2D eigenvalue weighted by molar-refractivity contribution is -0.832. The highest BCUT2D eigenvalue weighted by Gasteiger charge is 2.68. The monoisotopic (exact) mass is 729 g/mol. The molecule has 6 rings (SSSR count). The summed E-state index contributed by atoms with van der Waals surface area (Å²) in [5.74, 6) is -1.27. The number of esters is 2. The fourth-order valence-electron chi connectivity index (χ4n) is 10.2. The number of rotatable bonds is 12. The fraction of sp³-hybridized carbons (Fsp3) is 0.667. The van der Waals surface area contributed by atoms with Crippen molar-refractivity contribution in [2.24, 2.45) is 38.7 Å². The molecule has 0 aliphatic heterocycles. The number of nitrogens with zero attached hydrogens (tertiary/aromatic N) is 3. The van der Waals surface area contributed by atoms with E-state index >= 15 is 0 Å². The highest BCUT2D eigenvalue weighted by molar-refractivity contribution is 7.91. The third kappa shape index (κ3) is 6.62. The van der Waals surface area contributed by atoms with E-state index in [1.807, 2.05) is 6.92 Å². The number of benzene rings is 1. The Morgan fingerprint density at radius 1 is 0.980 bits per heavy atom. The molecule has 1 spiro atoms. The van der Waals surface area contributed by atoms with Crippen LogP contribution in [-0.4, -0.2) is 57.0 Å². The largest absolute Gasteiger partial charge is 0.466 e. The van der Waals surface area contributed by atoms with Crippen LogP contribution in [0.5, 0.6) is 5.88 Å². The van der Waals surface area contributed by atoms with Gasteiger partial charge in [0.25, 0.3) is 9.84 Å². The number of ether oxygens (including phenoxy) is 3. The van der Waals surface area contributed by atoms with E-state index in [4.69, 9.17) is 19.0 Å². The maximum atomic E-state index is 13.2. The summed E-state index contributed by atoms with van der Waals surface area (Å²) >= 11 is 0. The van der Waals surface area contributed by atoms with Crippen molar-refractivity contribution in [2.45, 2.75) is 108 Å². The summed E-state index contributed by atoms with van der Waals surface area (Å²) in [7, 11) is -4.29. The molecule has 278 valence electrons. The lowest BCUT2D eigenvalue weighted by Gasteiger charge is -2.64. The zero-order valence-corrected chi connectivity index (χ0v) is 30.5. The molecule has 0 amide bonds. The molecule has 0 radical (unpaired) electrons. The van der Waals surface area contributed by atoms with Crippen molar-refractivity contribution >= 4 is 33.5 Å². The van der Waals surface area contributed by atoms with E-state index in [0.717, 1.165) is 63.5 Å². The Morgan fingerprint density at radius 3 is 2.45 bits per heavy atom. The van der Waals surface area contributed by atoms with E-state index in [-0.39, 0.29) is 64.0 Å². The van der Waals surface area contributed by atoms with Gasteiger partial charge in [-0.2, -0.15) is 0 Å². The second-order valence-corrected chi connectivity index (χ2v) is 17.2. The molecule has 2 aromatic rings. The first kappa shape index (κ1) is 36.8. The number of carbonyl (C=O) groups is 3. The van der Waals surface area contributed by atoms with Crippen molar-refractivity contribution in [2.75, 3.05) is 19.8 Å². The third-order valence-corrected chi connectivity index (χ3v) is 14.1. The van der Waals surface area contributed by atoms with Crippen LogP contribution in [0, 0.1) is 38.7 Å². The highest BCUT2D eigenvalue weighted by atomic mass is 32.2. The number of hydrogen-bond donors (Lipinski definition) is 0. The Kier molecular flexibility index (Phi) is 9.98. The smallest absolute Gasteiger partial charge is 0.415 e. The van der Waals surface area contributed by atoms with Crippen LogP contribution in [-0.2, 0) is 38.5 Å². The predicted molar refractivity (Wildman–Crippen MR) is 178 cm³/mol. The minimum absolute atomic E-state index is 0.0198. The molecule has 2 bridgehead atoms. The molecule has 1 aromatic carbocycles. The van der Waals surface area contributed by atoms with Crippen molar-refractivity contribution < 1.29 is 51.4 Å². The van der Waals surface area contributed by atoms with Gasteiger partial charge in [0.05, 0.1) is 40.6 Å². The molecule has 1 aromatic heterocycles. The van der Waals surface area contributed by atoms with Gasteiger partial charge in [-0.3, -0.25) is 14.2 Å².